The smallest absolute Gasteiger partial charge is 0.212 e. The van der Waals surface area contributed by atoms with Gasteiger partial charge in [-0.1, -0.05) is 35.0 Å². The van der Waals surface area contributed by atoms with Gasteiger partial charge < -0.3 is 14.7 Å². The molecule has 1 aromatic carbocycles. The summed E-state index contributed by atoms with van der Waals surface area (Å²) in [5.74, 6) is 1.55. The fourth-order valence-corrected chi connectivity index (χ4v) is 1.96. The molecule has 0 aliphatic rings. The summed E-state index contributed by atoms with van der Waals surface area (Å²) in [6, 6.07) is 11.6. The second-order valence-corrected chi connectivity index (χ2v) is 4.12. The van der Waals surface area contributed by atoms with Crippen LogP contribution in [0.5, 0.6) is 0 Å². The lowest BCUT2D eigenvalue weighted by atomic mass is 10.0. The minimum Gasteiger partial charge on any atom is -0.461 e. The summed E-state index contributed by atoms with van der Waals surface area (Å²) in [4.78, 5) is 0. The first-order chi connectivity index (χ1) is 8.75. The zero-order valence-corrected chi connectivity index (χ0v) is 9.88. The second kappa shape index (κ2) is 4.07. The molecule has 0 saturated heterocycles. The summed E-state index contributed by atoms with van der Waals surface area (Å²) < 4.78 is 10.6. The van der Waals surface area contributed by atoms with Crippen LogP contribution in [0.3, 0.4) is 0 Å². The largest absolute Gasteiger partial charge is 0.461 e. The van der Waals surface area contributed by atoms with Gasteiger partial charge in [-0.15, -0.1) is 0 Å². The van der Waals surface area contributed by atoms with Crippen LogP contribution in [-0.4, -0.2) is 5.16 Å². The van der Waals surface area contributed by atoms with Gasteiger partial charge in [-0.25, -0.2) is 0 Å². The van der Waals surface area contributed by atoms with Gasteiger partial charge in [0, 0.05) is 0 Å². The Morgan fingerprint density at radius 3 is 2.78 bits per heavy atom. The van der Waals surface area contributed by atoms with Crippen LogP contribution in [0.2, 0.25) is 0 Å². The van der Waals surface area contributed by atoms with Gasteiger partial charge in [-0.3, -0.25) is 0 Å². The van der Waals surface area contributed by atoms with Crippen molar-refractivity contribution in [3.05, 3.63) is 48.2 Å². The number of nitrogens with zero attached hydrogens (tertiary/aromatic N) is 1. The third-order valence-corrected chi connectivity index (χ3v) is 2.77. The standard InChI is InChI=1S/C14H12N2O2/c1-9-4-2-5-10(8-9)12-13(18-16-14(12)15)11-6-3-7-17-11/h2-8H,1H3,(H2,15,16). The van der Waals surface area contributed by atoms with Crippen molar-refractivity contribution in [3.8, 4) is 22.6 Å². The number of furan rings is 1. The molecule has 0 amide bonds. The Bertz CT molecular complexity index is 669. The molecule has 18 heavy (non-hydrogen) atoms. The van der Waals surface area contributed by atoms with E-state index in [0.717, 1.165) is 16.7 Å². The molecule has 0 saturated carbocycles. The van der Waals surface area contributed by atoms with Gasteiger partial charge in [0.05, 0.1) is 11.8 Å². The monoisotopic (exact) mass is 240 g/mol. The van der Waals surface area contributed by atoms with Gasteiger partial charge in [-0.2, -0.15) is 0 Å². The van der Waals surface area contributed by atoms with Gasteiger partial charge in [0.25, 0.3) is 0 Å². The molecule has 0 radical (unpaired) electrons. The van der Waals surface area contributed by atoms with Crippen LogP contribution < -0.4 is 5.73 Å². The minimum atomic E-state index is 0.368. The normalized spacial score (nSPS) is 10.7. The molecule has 3 aromatic rings. The molecule has 90 valence electrons. The van der Waals surface area contributed by atoms with Gasteiger partial charge in [0.2, 0.25) is 5.76 Å². The predicted octanol–water partition coefficient (Wildman–Crippen LogP) is 3.49. The number of nitrogens with two attached hydrogens (primary N) is 1. The summed E-state index contributed by atoms with van der Waals surface area (Å²) in [5, 5.41) is 3.82. The van der Waals surface area contributed by atoms with Crippen LogP contribution in [0, 0.1) is 6.92 Å². The van der Waals surface area contributed by atoms with Crippen LogP contribution in [-0.2, 0) is 0 Å². The summed E-state index contributed by atoms with van der Waals surface area (Å²) >= 11 is 0. The van der Waals surface area contributed by atoms with Crippen molar-refractivity contribution in [2.24, 2.45) is 0 Å². The van der Waals surface area contributed by atoms with E-state index in [-0.39, 0.29) is 0 Å². The van der Waals surface area contributed by atoms with E-state index in [4.69, 9.17) is 14.7 Å². The minimum absolute atomic E-state index is 0.368. The SMILES string of the molecule is Cc1cccc(-c2c(N)noc2-c2ccco2)c1. The molecule has 2 heterocycles. The Morgan fingerprint density at radius 2 is 2.06 bits per heavy atom. The van der Waals surface area contributed by atoms with Crippen LogP contribution in [0.4, 0.5) is 5.82 Å². The van der Waals surface area contributed by atoms with Crippen molar-refractivity contribution in [3.63, 3.8) is 0 Å². The van der Waals surface area contributed by atoms with E-state index >= 15 is 0 Å². The van der Waals surface area contributed by atoms with E-state index in [1.54, 1.807) is 12.3 Å². The zero-order chi connectivity index (χ0) is 12.5. The molecule has 0 unspecified atom stereocenters. The summed E-state index contributed by atoms with van der Waals surface area (Å²) in [6.07, 6.45) is 1.59. The third-order valence-electron chi connectivity index (χ3n) is 2.77. The highest BCUT2D eigenvalue weighted by molar-refractivity contribution is 5.85. The van der Waals surface area contributed by atoms with E-state index in [1.807, 2.05) is 37.3 Å². The van der Waals surface area contributed by atoms with Crippen molar-refractivity contribution in [2.45, 2.75) is 6.92 Å². The summed E-state index contributed by atoms with van der Waals surface area (Å²) in [7, 11) is 0. The fraction of sp³-hybridized carbons (Fsp3) is 0.0714. The number of hydrogen-bond donors (Lipinski definition) is 1. The number of rotatable bonds is 2. The molecule has 3 rings (SSSR count). The van der Waals surface area contributed by atoms with E-state index in [2.05, 4.69) is 5.16 Å². The number of nitrogen functional groups attached to an aromatic ring is 1. The van der Waals surface area contributed by atoms with Crippen molar-refractivity contribution < 1.29 is 8.94 Å². The first-order valence-electron chi connectivity index (χ1n) is 5.62. The molecule has 0 spiro atoms. The molecule has 4 nitrogen and oxygen atoms in total. The van der Waals surface area contributed by atoms with Gasteiger partial charge >= 0.3 is 0 Å². The first kappa shape index (κ1) is 10.7. The average Bonchev–Trinajstić information content (AvgIpc) is 2.97. The molecule has 0 atom stereocenters. The highest BCUT2D eigenvalue weighted by Crippen LogP contribution is 2.36. The topological polar surface area (TPSA) is 65.2 Å². The van der Waals surface area contributed by atoms with Crippen LogP contribution in [0.15, 0.2) is 51.6 Å². The Kier molecular flexibility index (Phi) is 2.41. The zero-order valence-electron chi connectivity index (χ0n) is 9.88. The Morgan fingerprint density at radius 1 is 1.17 bits per heavy atom. The maximum absolute atomic E-state index is 5.88. The van der Waals surface area contributed by atoms with Crippen LogP contribution in [0.25, 0.3) is 22.6 Å². The molecule has 2 N–H and O–H groups in total. The quantitative estimate of drug-likeness (QED) is 0.744. The number of benzene rings is 1. The number of hydrogen-bond acceptors (Lipinski definition) is 4. The van der Waals surface area contributed by atoms with Crippen molar-refractivity contribution >= 4 is 5.82 Å². The lowest BCUT2D eigenvalue weighted by Crippen LogP contribution is -1.88. The lowest BCUT2D eigenvalue weighted by molar-refractivity contribution is 0.421. The molecule has 0 aliphatic carbocycles. The Balaban J connectivity index is 2.20. The molecular weight excluding hydrogens is 228 g/mol. The Labute approximate surface area is 104 Å². The van der Waals surface area contributed by atoms with E-state index in [9.17, 15) is 0 Å². The third kappa shape index (κ3) is 1.68. The second-order valence-electron chi connectivity index (χ2n) is 4.12. The van der Waals surface area contributed by atoms with Crippen LogP contribution >= 0.6 is 0 Å². The van der Waals surface area contributed by atoms with E-state index in [1.165, 1.54) is 0 Å². The van der Waals surface area contributed by atoms with Gasteiger partial charge in [-0.05, 0) is 24.6 Å². The van der Waals surface area contributed by atoms with Gasteiger partial charge in [0.15, 0.2) is 11.6 Å². The van der Waals surface area contributed by atoms with E-state index < -0.39 is 0 Å². The van der Waals surface area contributed by atoms with Crippen LogP contribution in [0.1, 0.15) is 5.56 Å². The van der Waals surface area contributed by atoms with Crippen molar-refractivity contribution in [1.82, 2.24) is 5.16 Å². The van der Waals surface area contributed by atoms with Gasteiger partial charge in [0.1, 0.15) is 0 Å². The predicted molar refractivity (Wildman–Crippen MR) is 68.8 cm³/mol. The molecular formula is C14H12N2O2. The molecule has 2 aromatic heterocycles. The molecule has 4 heteroatoms. The molecule has 0 bridgehead atoms. The summed E-state index contributed by atoms with van der Waals surface area (Å²) in [6.45, 7) is 2.03. The first-order valence-corrected chi connectivity index (χ1v) is 5.62. The fourth-order valence-electron chi connectivity index (χ4n) is 1.96. The van der Waals surface area contributed by atoms with Crippen molar-refractivity contribution in [2.75, 3.05) is 5.73 Å². The average molecular weight is 240 g/mol. The van der Waals surface area contributed by atoms with E-state index in [0.29, 0.717) is 17.3 Å². The van der Waals surface area contributed by atoms with Crippen molar-refractivity contribution in [1.29, 1.82) is 0 Å². The Hall–Kier alpha value is -2.49. The maximum atomic E-state index is 5.88. The number of aromatic nitrogens is 1. The molecule has 0 aliphatic heterocycles. The highest BCUT2D eigenvalue weighted by atomic mass is 16.5. The number of anilines is 1. The molecule has 0 fully saturated rings. The lowest BCUT2D eigenvalue weighted by Gasteiger charge is -2.02. The number of aryl methyl sites for hydroxylation is 1. The maximum Gasteiger partial charge on any atom is 0.212 e. The summed E-state index contributed by atoms with van der Waals surface area (Å²) in [5.41, 5.74) is 8.78. The highest BCUT2D eigenvalue weighted by Gasteiger charge is 2.19.